The van der Waals surface area contributed by atoms with Gasteiger partial charge in [0.15, 0.2) is 0 Å². The van der Waals surface area contributed by atoms with Crippen LogP contribution in [0.15, 0.2) is 66.9 Å². The Labute approximate surface area is 132 Å². The summed E-state index contributed by atoms with van der Waals surface area (Å²) in [5, 5.41) is 13.3. The van der Waals surface area contributed by atoms with Gasteiger partial charge in [-0.05, 0) is 42.5 Å². The molecule has 0 bridgehead atoms. The van der Waals surface area contributed by atoms with Gasteiger partial charge in [-0.15, -0.1) is 0 Å². The average Bonchev–Trinajstić information content (AvgIpc) is 2.99. The molecule has 114 valence electrons. The second-order valence-corrected chi connectivity index (χ2v) is 4.89. The molecule has 5 heteroatoms. The highest BCUT2D eigenvalue weighted by molar-refractivity contribution is 5.87. The lowest BCUT2D eigenvalue weighted by molar-refractivity contribution is -0.131. The van der Waals surface area contributed by atoms with E-state index in [4.69, 9.17) is 5.11 Å². The monoisotopic (exact) mass is 308 g/mol. The quantitative estimate of drug-likeness (QED) is 0.746. The SMILES string of the molecule is O=C(O)C=Cc1cn(-c2ccccc2)nc1-c1ccc(F)cc1. The van der Waals surface area contributed by atoms with Crippen LogP contribution in [0.4, 0.5) is 4.39 Å². The van der Waals surface area contributed by atoms with Crippen LogP contribution in [0.25, 0.3) is 23.0 Å². The highest BCUT2D eigenvalue weighted by Crippen LogP contribution is 2.25. The average molecular weight is 308 g/mol. The zero-order valence-electron chi connectivity index (χ0n) is 12.1. The van der Waals surface area contributed by atoms with Gasteiger partial charge in [0.25, 0.3) is 0 Å². The molecule has 4 nitrogen and oxygen atoms in total. The molecule has 1 aromatic heterocycles. The second-order valence-electron chi connectivity index (χ2n) is 4.89. The summed E-state index contributed by atoms with van der Waals surface area (Å²) in [5.74, 6) is -1.37. The van der Waals surface area contributed by atoms with E-state index in [2.05, 4.69) is 5.10 Å². The van der Waals surface area contributed by atoms with Crippen LogP contribution in [0.1, 0.15) is 5.56 Å². The molecule has 0 atom stereocenters. The molecule has 0 fully saturated rings. The third kappa shape index (κ3) is 3.35. The first kappa shape index (κ1) is 14.7. The molecule has 23 heavy (non-hydrogen) atoms. The van der Waals surface area contributed by atoms with Crippen molar-refractivity contribution in [2.24, 2.45) is 0 Å². The van der Waals surface area contributed by atoms with Crippen molar-refractivity contribution < 1.29 is 14.3 Å². The molecule has 0 saturated heterocycles. The summed E-state index contributed by atoms with van der Waals surface area (Å²) >= 11 is 0. The standard InChI is InChI=1S/C18H13FN2O2/c19-15-9-6-13(7-10-15)18-14(8-11-17(22)23)12-21(20-18)16-4-2-1-3-5-16/h1-12H,(H,22,23). The number of carbonyl (C=O) groups is 1. The number of para-hydroxylation sites is 1. The van der Waals surface area contributed by atoms with Crippen molar-refractivity contribution in [2.45, 2.75) is 0 Å². The van der Waals surface area contributed by atoms with Crippen LogP contribution in [0.5, 0.6) is 0 Å². The molecule has 2 aromatic carbocycles. The first-order valence-electron chi connectivity index (χ1n) is 6.95. The summed E-state index contributed by atoms with van der Waals surface area (Å²) in [6, 6.07) is 15.4. The minimum absolute atomic E-state index is 0.334. The van der Waals surface area contributed by atoms with Gasteiger partial charge >= 0.3 is 5.97 Å². The molecule has 0 saturated carbocycles. The number of carboxylic acid groups (broad SMARTS) is 1. The van der Waals surface area contributed by atoms with Crippen LogP contribution in [-0.2, 0) is 4.79 Å². The molecular formula is C18H13FN2O2. The van der Waals surface area contributed by atoms with Gasteiger partial charge in [-0.1, -0.05) is 18.2 Å². The number of halogens is 1. The fraction of sp³-hybridized carbons (Fsp3) is 0. The van der Waals surface area contributed by atoms with E-state index in [0.29, 0.717) is 16.8 Å². The summed E-state index contributed by atoms with van der Waals surface area (Å²) < 4.78 is 14.8. The number of carboxylic acids is 1. The first-order valence-corrected chi connectivity index (χ1v) is 6.95. The predicted octanol–water partition coefficient (Wildman–Crippen LogP) is 3.78. The van der Waals surface area contributed by atoms with Gasteiger partial charge in [-0.2, -0.15) is 5.10 Å². The molecular weight excluding hydrogens is 295 g/mol. The molecule has 0 aliphatic carbocycles. The van der Waals surface area contributed by atoms with Crippen molar-refractivity contribution in [3.8, 4) is 16.9 Å². The predicted molar refractivity (Wildman–Crippen MR) is 85.6 cm³/mol. The van der Waals surface area contributed by atoms with Gasteiger partial charge in [0.1, 0.15) is 5.82 Å². The van der Waals surface area contributed by atoms with E-state index in [1.807, 2.05) is 30.3 Å². The minimum Gasteiger partial charge on any atom is -0.478 e. The van der Waals surface area contributed by atoms with Crippen molar-refractivity contribution >= 4 is 12.0 Å². The lowest BCUT2D eigenvalue weighted by Gasteiger charge is -2.00. The Kier molecular flexibility index (Phi) is 4.01. The third-order valence-electron chi connectivity index (χ3n) is 3.29. The lowest BCUT2D eigenvalue weighted by Crippen LogP contribution is -1.94. The van der Waals surface area contributed by atoms with E-state index in [1.165, 1.54) is 18.2 Å². The van der Waals surface area contributed by atoms with E-state index >= 15 is 0 Å². The van der Waals surface area contributed by atoms with E-state index < -0.39 is 5.97 Å². The smallest absolute Gasteiger partial charge is 0.328 e. The Bertz CT molecular complexity index is 852. The number of hydrogen-bond acceptors (Lipinski definition) is 2. The van der Waals surface area contributed by atoms with Crippen molar-refractivity contribution in [3.63, 3.8) is 0 Å². The van der Waals surface area contributed by atoms with Crippen LogP contribution in [0, 0.1) is 5.82 Å². The summed E-state index contributed by atoms with van der Waals surface area (Å²) in [5.41, 5.74) is 2.80. The van der Waals surface area contributed by atoms with Gasteiger partial charge in [0, 0.05) is 23.4 Å². The van der Waals surface area contributed by atoms with E-state index in [-0.39, 0.29) is 5.82 Å². The number of benzene rings is 2. The van der Waals surface area contributed by atoms with E-state index in [0.717, 1.165) is 11.8 Å². The Morgan fingerprint density at radius 2 is 1.78 bits per heavy atom. The Morgan fingerprint density at radius 1 is 1.09 bits per heavy atom. The van der Waals surface area contributed by atoms with Crippen LogP contribution in [-0.4, -0.2) is 20.9 Å². The summed E-state index contributed by atoms with van der Waals surface area (Å²) in [7, 11) is 0. The first-order chi connectivity index (χ1) is 11.1. The number of aromatic nitrogens is 2. The Morgan fingerprint density at radius 3 is 2.43 bits per heavy atom. The van der Waals surface area contributed by atoms with E-state index in [9.17, 15) is 9.18 Å². The van der Waals surface area contributed by atoms with Crippen molar-refractivity contribution in [1.82, 2.24) is 9.78 Å². The highest BCUT2D eigenvalue weighted by atomic mass is 19.1. The molecule has 0 amide bonds. The van der Waals surface area contributed by atoms with E-state index in [1.54, 1.807) is 23.0 Å². The maximum Gasteiger partial charge on any atom is 0.328 e. The van der Waals surface area contributed by atoms with Gasteiger partial charge in [0.2, 0.25) is 0 Å². The molecule has 0 aliphatic heterocycles. The van der Waals surface area contributed by atoms with Crippen molar-refractivity contribution in [1.29, 1.82) is 0 Å². The largest absolute Gasteiger partial charge is 0.478 e. The maximum atomic E-state index is 13.1. The third-order valence-corrected chi connectivity index (χ3v) is 3.29. The molecule has 1 N–H and O–H groups in total. The normalized spacial score (nSPS) is 11.0. The number of aliphatic carboxylic acids is 1. The summed E-state index contributed by atoms with van der Waals surface area (Å²) in [6.07, 6.45) is 4.28. The Balaban J connectivity index is 2.10. The molecule has 0 radical (unpaired) electrons. The maximum absolute atomic E-state index is 13.1. The molecule has 3 rings (SSSR count). The van der Waals surface area contributed by atoms with Gasteiger partial charge < -0.3 is 5.11 Å². The topological polar surface area (TPSA) is 55.1 Å². The lowest BCUT2D eigenvalue weighted by atomic mass is 10.1. The second kappa shape index (κ2) is 6.27. The van der Waals surface area contributed by atoms with Crippen molar-refractivity contribution in [3.05, 3.63) is 78.3 Å². The fourth-order valence-electron chi connectivity index (χ4n) is 2.22. The summed E-state index contributed by atoms with van der Waals surface area (Å²) in [6.45, 7) is 0. The highest BCUT2D eigenvalue weighted by Gasteiger charge is 2.11. The number of rotatable bonds is 4. The number of nitrogens with zero attached hydrogens (tertiary/aromatic N) is 2. The van der Waals surface area contributed by atoms with Gasteiger partial charge in [-0.3, -0.25) is 0 Å². The van der Waals surface area contributed by atoms with Crippen LogP contribution in [0.2, 0.25) is 0 Å². The minimum atomic E-state index is -1.04. The molecule has 1 heterocycles. The van der Waals surface area contributed by atoms with Gasteiger partial charge in [0.05, 0.1) is 11.4 Å². The van der Waals surface area contributed by atoms with Gasteiger partial charge in [-0.25, -0.2) is 13.9 Å². The number of hydrogen-bond donors (Lipinski definition) is 1. The zero-order valence-corrected chi connectivity index (χ0v) is 12.1. The fourth-order valence-corrected chi connectivity index (χ4v) is 2.22. The van der Waals surface area contributed by atoms with Crippen LogP contribution < -0.4 is 0 Å². The summed E-state index contributed by atoms with van der Waals surface area (Å²) in [4.78, 5) is 10.8. The van der Waals surface area contributed by atoms with Crippen LogP contribution >= 0.6 is 0 Å². The molecule has 0 spiro atoms. The van der Waals surface area contributed by atoms with Crippen LogP contribution in [0.3, 0.4) is 0 Å². The van der Waals surface area contributed by atoms with Crippen molar-refractivity contribution in [2.75, 3.05) is 0 Å². The molecule has 0 aliphatic rings. The zero-order chi connectivity index (χ0) is 16.2. The molecule has 0 unspecified atom stereocenters. The Hall–Kier alpha value is -3.21. The molecule has 3 aromatic rings.